The van der Waals surface area contributed by atoms with Crippen molar-refractivity contribution in [3.05, 3.63) is 102 Å². The van der Waals surface area contributed by atoms with E-state index in [0.717, 1.165) is 33.3 Å². The fourth-order valence-electron chi connectivity index (χ4n) is 3.50. The third kappa shape index (κ3) is 3.34. The van der Waals surface area contributed by atoms with Crippen LogP contribution in [0.15, 0.2) is 95.4 Å². The molecule has 0 amide bonds. The summed E-state index contributed by atoms with van der Waals surface area (Å²) in [4.78, 5) is 4.76. The van der Waals surface area contributed by atoms with Crippen molar-refractivity contribution >= 4 is 22.7 Å². The fourth-order valence-corrected chi connectivity index (χ4v) is 3.71. The molecule has 0 aliphatic carbocycles. The van der Waals surface area contributed by atoms with Crippen molar-refractivity contribution in [3.8, 4) is 39.8 Å². The third-order valence-corrected chi connectivity index (χ3v) is 5.24. The molecule has 5 rings (SSSR count). The summed E-state index contributed by atoms with van der Waals surface area (Å²) < 4.78 is 6.04. The van der Waals surface area contributed by atoms with Crippen molar-refractivity contribution in [3.63, 3.8) is 0 Å². The molecule has 0 atom stereocenters. The first-order valence-corrected chi connectivity index (χ1v) is 9.85. The fraction of sp³-hybridized carbons (Fsp3) is 0. The number of fused-ring (bicyclic) bond motifs is 1. The summed E-state index contributed by atoms with van der Waals surface area (Å²) in [6.45, 7) is 0. The summed E-state index contributed by atoms with van der Waals surface area (Å²) in [5, 5.41) is 9.61. The Morgan fingerprint density at radius 1 is 0.733 bits per heavy atom. The van der Waals surface area contributed by atoms with Gasteiger partial charge in [-0.1, -0.05) is 66.2 Å². The highest BCUT2D eigenvalue weighted by molar-refractivity contribution is 6.31. The van der Waals surface area contributed by atoms with E-state index in [4.69, 9.17) is 26.3 Å². The van der Waals surface area contributed by atoms with Crippen LogP contribution in [0.2, 0.25) is 5.02 Å². The van der Waals surface area contributed by atoms with Crippen LogP contribution < -0.4 is 0 Å². The Morgan fingerprint density at radius 2 is 1.37 bits per heavy atom. The lowest BCUT2D eigenvalue weighted by Gasteiger charge is -2.03. The number of hydrogen-bond donors (Lipinski definition) is 0. The van der Waals surface area contributed by atoms with Gasteiger partial charge in [0.1, 0.15) is 5.52 Å². The average molecular weight is 407 g/mol. The van der Waals surface area contributed by atoms with E-state index >= 15 is 0 Å². The predicted octanol–water partition coefficient (Wildman–Crippen LogP) is 7.35. The lowest BCUT2D eigenvalue weighted by Crippen LogP contribution is -1.83. The average Bonchev–Trinajstić information content (AvgIpc) is 3.23. The molecule has 142 valence electrons. The lowest BCUT2D eigenvalue weighted by molar-refractivity contribution is 0.620. The molecular weight excluding hydrogens is 392 g/mol. The minimum Gasteiger partial charge on any atom is -0.436 e. The maximum Gasteiger partial charge on any atom is 0.227 e. The van der Waals surface area contributed by atoms with Gasteiger partial charge in [0.15, 0.2) is 5.58 Å². The normalized spacial score (nSPS) is 10.8. The summed E-state index contributed by atoms with van der Waals surface area (Å²) in [5.74, 6) is 0.543. The lowest BCUT2D eigenvalue weighted by atomic mass is 10.0. The van der Waals surface area contributed by atoms with Crippen LogP contribution >= 0.6 is 11.6 Å². The standard InChI is InChI=1S/C26H15ClN2O/c27-22-14-23(20-8-6-17(16-28)7-9-20)25-24(15-22)30-26(29-25)21-12-10-19(11-13-21)18-4-2-1-3-5-18/h1-15H. The molecule has 0 saturated heterocycles. The molecule has 4 aromatic carbocycles. The highest BCUT2D eigenvalue weighted by atomic mass is 35.5. The molecule has 0 saturated carbocycles. The van der Waals surface area contributed by atoms with Crippen molar-refractivity contribution in [1.29, 1.82) is 5.26 Å². The van der Waals surface area contributed by atoms with Crippen molar-refractivity contribution in [2.45, 2.75) is 0 Å². The second kappa shape index (κ2) is 7.51. The van der Waals surface area contributed by atoms with E-state index in [1.54, 1.807) is 18.2 Å². The number of oxazole rings is 1. The van der Waals surface area contributed by atoms with Crippen molar-refractivity contribution in [1.82, 2.24) is 4.98 Å². The number of aromatic nitrogens is 1. The Labute approximate surface area is 178 Å². The summed E-state index contributed by atoms with van der Waals surface area (Å²) in [7, 11) is 0. The van der Waals surface area contributed by atoms with E-state index < -0.39 is 0 Å². The van der Waals surface area contributed by atoms with Crippen LogP contribution in [0.1, 0.15) is 5.56 Å². The number of rotatable bonds is 3. The van der Waals surface area contributed by atoms with Gasteiger partial charge in [-0.05, 0) is 47.0 Å². The smallest absolute Gasteiger partial charge is 0.227 e. The quantitative estimate of drug-likeness (QED) is 0.314. The highest BCUT2D eigenvalue weighted by Gasteiger charge is 2.14. The first-order valence-electron chi connectivity index (χ1n) is 9.48. The van der Waals surface area contributed by atoms with Gasteiger partial charge in [0.05, 0.1) is 11.6 Å². The first-order chi connectivity index (χ1) is 14.7. The maximum absolute atomic E-state index is 9.04. The number of halogens is 1. The van der Waals surface area contributed by atoms with Gasteiger partial charge in [-0.25, -0.2) is 4.98 Å². The molecule has 30 heavy (non-hydrogen) atoms. The van der Waals surface area contributed by atoms with Gasteiger partial charge in [-0.2, -0.15) is 5.26 Å². The van der Waals surface area contributed by atoms with Crippen molar-refractivity contribution in [2.24, 2.45) is 0 Å². The monoisotopic (exact) mass is 406 g/mol. The van der Waals surface area contributed by atoms with Crippen LogP contribution in [0.4, 0.5) is 0 Å². The van der Waals surface area contributed by atoms with E-state index in [9.17, 15) is 0 Å². The number of hydrogen-bond acceptors (Lipinski definition) is 3. The molecule has 5 aromatic rings. The molecule has 0 fully saturated rings. The van der Waals surface area contributed by atoms with Gasteiger partial charge in [-0.15, -0.1) is 0 Å². The van der Waals surface area contributed by atoms with E-state index in [-0.39, 0.29) is 0 Å². The van der Waals surface area contributed by atoms with Crippen molar-refractivity contribution < 1.29 is 4.42 Å². The van der Waals surface area contributed by atoms with Crippen LogP contribution in [-0.4, -0.2) is 4.98 Å². The van der Waals surface area contributed by atoms with Crippen LogP contribution in [-0.2, 0) is 0 Å². The van der Waals surface area contributed by atoms with Crippen LogP contribution in [0.25, 0.3) is 44.8 Å². The van der Waals surface area contributed by atoms with E-state index in [2.05, 4.69) is 30.3 Å². The second-order valence-corrected chi connectivity index (χ2v) is 7.39. The Kier molecular flexibility index (Phi) is 4.55. The minimum atomic E-state index is 0.543. The number of nitrogens with zero attached hydrogens (tertiary/aromatic N) is 2. The topological polar surface area (TPSA) is 49.8 Å². The van der Waals surface area contributed by atoms with Crippen LogP contribution in [0, 0.1) is 11.3 Å². The molecule has 3 nitrogen and oxygen atoms in total. The Bertz CT molecular complexity index is 1380. The highest BCUT2D eigenvalue weighted by Crippen LogP contribution is 2.35. The van der Waals surface area contributed by atoms with E-state index in [0.29, 0.717) is 22.1 Å². The summed E-state index contributed by atoms with van der Waals surface area (Å²) in [5.41, 5.74) is 6.98. The molecular formula is C26H15ClN2O. The Balaban J connectivity index is 1.57. The zero-order valence-electron chi connectivity index (χ0n) is 15.8. The maximum atomic E-state index is 9.04. The molecule has 0 aliphatic rings. The Hall–Kier alpha value is -3.87. The molecule has 4 heteroatoms. The Morgan fingerprint density at radius 3 is 2.07 bits per heavy atom. The predicted molar refractivity (Wildman–Crippen MR) is 120 cm³/mol. The molecule has 1 heterocycles. The number of benzene rings is 4. The second-order valence-electron chi connectivity index (χ2n) is 6.95. The molecule has 1 aromatic heterocycles. The van der Waals surface area contributed by atoms with E-state index in [1.165, 1.54) is 0 Å². The van der Waals surface area contributed by atoms with Gasteiger partial charge >= 0.3 is 0 Å². The van der Waals surface area contributed by atoms with Gasteiger partial charge in [-0.3, -0.25) is 0 Å². The summed E-state index contributed by atoms with van der Waals surface area (Å²) in [6.07, 6.45) is 0. The SMILES string of the molecule is N#Cc1ccc(-c2cc(Cl)cc3oc(-c4ccc(-c5ccccc5)cc4)nc23)cc1. The molecule has 0 spiro atoms. The van der Waals surface area contributed by atoms with Crippen molar-refractivity contribution in [2.75, 3.05) is 0 Å². The molecule has 0 bridgehead atoms. The van der Waals surface area contributed by atoms with Crippen LogP contribution in [0.5, 0.6) is 0 Å². The number of nitriles is 1. The largest absolute Gasteiger partial charge is 0.436 e. The van der Waals surface area contributed by atoms with Gasteiger partial charge < -0.3 is 4.42 Å². The third-order valence-electron chi connectivity index (χ3n) is 5.02. The minimum absolute atomic E-state index is 0.543. The van der Waals surface area contributed by atoms with Crippen LogP contribution in [0.3, 0.4) is 0 Å². The summed E-state index contributed by atoms with van der Waals surface area (Å²) >= 11 is 6.34. The van der Waals surface area contributed by atoms with Gasteiger partial charge in [0.2, 0.25) is 5.89 Å². The molecule has 0 unspecified atom stereocenters. The zero-order valence-corrected chi connectivity index (χ0v) is 16.6. The van der Waals surface area contributed by atoms with Gasteiger partial charge in [0, 0.05) is 22.2 Å². The molecule has 0 radical (unpaired) electrons. The zero-order chi connectivity index (χ0) is 20.5. The molecule has 0 aliphatic heterocycles. The van der Waals surface area contributed by atoms with Gasteiger partial charge in [0.25, 0.3) is 0 Å². The first kappa shape index (κ1) is 18.2. The van der Waals surface area contributed by atoms with E-state index in [1.807, 2.05) is 48.5 Å². The molecule has 0 N–H and O–H groups in total. The summed E-state index contributed by atoms with van der Waals surface area (Å²) in [6, 6.07) is 31.5.